The molecule has 70 valence electrons. The first kappa shape index (κ1) is 8.54. The number of rotatable bonds is 1. The van der Waals surface area contributed by atoms with E-state index in [0.29, 0.717) is 0 Å². The Hall–Kier alpha value is -1.05. The molecule has 0 N–H and O–H groups in total. The maximum absolute atomic E-state index is 5.16. The molecule has 1 aromatic heterocycles. The SMILES string of the molecule is Cc1noc(C)c1C1=CCCCC1. The van der Waals surface area contributed by atoms with Crippen molar-refractivity contribution in [3.05, 3.63) is 23.1 Å². The summed E-state index contributed by atoms with van der Waals surface area (Å²) in [5, 5.41) is 3.98. The minimum atomic E-state index is 0.964. The minimum Gasteiger partial charge on any atom is -0.361 e. The van der Waals surface area contributed by atoms with Crippen molar-refractivity contribution in [1.29, 1.82) is 0 Å². The lowest BCUT2D eigenvalue weighted by Crippen LogP contribution is -1.93. The van der Waals surface area contributed by atoms with Crippen molar-refractivity contribution in [2.45, 2.75) is 39.5 Å². The molecule has 2 rings (SSSR count). The fourth-order valence-electron chi connectivity index (χ4n) is 2.01. The molecule has 0 radical (unpaired) electrons. The van der Waals surface area contributed by atoms with Crippen LogP contribution in [0.15, 0.2) is 10.6 Å². The number of allylic oxidation sites excluding steroid dienone is 2. The summed E-state index contributed by atoms with van der Waals surface area (Å²) in [5.41, 5.74) is 3.72. The Balaban J connectivity index is 2.38. The Morgan fingerprint density at radius 3 is 2.69 bits per heavy atom. The van der Waals surface area contributed by atoms with Gasteiger partial charge in [0.15, 0.2) is 0 Å². The van der Waals surface area contributed by atoms with Gasteiger partial charge >= 0.3 is 0 Å². The maximum Gasteiger partial charge on any atom is 0.141 e. The zero-order valence-corrected chi connectivity index (χ0v) is 8.26. The first-order valence-electron chi connectivity index (χ1n) is 4.91. The van der Waals surface area contributed by atoms with Gasteiger partial charge in [0.1, 0.15) is 5.76 Å². The second kappa shape index (κ2) is 3.36. The third kappa shape index (κ3) is 1.53. The highest BCUT2D eigenvalue weighted by molar-refractivity contribution is 5.68. The van der Waals surface area contributed by atoms with Gasteiger partial charge in [-0.05, 0) is 45.1 Å². The molecule has 1 aliphatic carbocycles. The van der Waals surface area contributed by atoms with Crippen molar-refractivity contribution in [2.24, 2.45) is 0 Å². The number of nitrogens with zero attached hydrogens (tertiary/aromatic N) is 1. The Morgan fingerprint density at radius 2 is 2.15 bits per heavy atom. The predicted molar refractivity (Wildman–Crippen MR) is 52.4 cm³/mol. The Labute approximate surface area is 78.6 Å². The summed E-state index contributed by atoms with van der Waals surface area (Å²) in [6.07, 6.45) is 7.35. The minimum absolute atomic E-state index is 0.964. The van der Waals surface area contributed by atoms with Gasteiger partial charge in [0.25, 0.3) is 0 Å². The fraction of sp³-hybridized carbons (Fsp3) is 0.545. The summed E-state index contributed by atoms with van der Waals surface area (Å²) in [6.45, 7) is 4.01. The summed E-state index contributed by atoms with van der Waals surface area (Å²) in [4.78, 5) is 0. The highest BCUT2D eigenvalue weighted by atomic mass is 16.5. The van der Waals surface area contributed by atoms with Gasteiger partial charge in [-0.15, -0.1) is 0 Å². The van der Waals surface area contributed by atoms with Crippen molar-refractivity contribution >= 4 is 5.57 Å². The topological polar surface area (TPSA) is 26.0 Å². The van der Waals surface area contributed by atoms with Crippen LogP contribution in [-0.4, -0.2) is 5.16 Å². The maximum atomic E-state index is 5.16. The normalized spacial score (nSPS) is 17.2. The fourth-order valence-corrected chi connectivity index (χ4v) is 2.01. The number of aromatic nitrogens is 1. The third-order valence-corrected chi connectivity index (χ3v) is 2.65. The third-order valence-electron chi connectivity index (χ3n) is 2.65. The van der Waals surface area contributed by atoms with Crippen LogP contribution in [0.4, 0.5) is 0 Å². The van der Waals surface area contributed by atoms with Gasteiger partial charge in [-0.2, -0.15) is 0 Å². The molecular weight excluding hydrogens is 162 g/mol. The van der Waals surface area contributed by atoms with Crippen molar-refractivity contribution in [1.82, 2.24) is 5.16 Å². The van der Waals surface area contributed by atoms with Crippen LogP contribution in [-0.2, 0) is 0 Å². The van der Waals surface area contributed by atoms with Crippen molar-refractivity contribution in [2.75, 3.05) is 0 Å². The van der Waals surface area contributed by atoms with Crippen LogP contribution in [0.25, 0.3) is 5.57 Å². The predicted octanol–water partition coefficient (Wildman–Crippen LogP) is 3.25. The number of hydrogen-bond acceptors (Lipinski definition) is 2. The summed E-state index contributed by atoms with van der Waals surface area (Å²) < 4.78 is 5.16. The molecule has 1 aromatic rings. The Morgan fingerprint density at radius 1 is 1.31 bits per heavy atom. The van der Waals surface area contributed by atoms with Gasteiger partial charge in [0.05, 0.1) is 5.69 Å². The molecule has 2 nitrogen and oxygen atoms in total. The van der Waals surface area contributed by atoms with Crippen LogP contribution in [0.2, 0.25) is 0 Å². The van der Waals surface area contributed by atoms with E-state index in [-0.39, 0.29) is 0 Å². The quantitative estimate of drug-likeness (QED) is 0.658. The summed E-state index contributed by atoms with van der Waals surface area (Å²) in [7, 11) is 0. The Bertz CT molecular complexity index is 316. The smallest absolute Gasteiger partial charge is 0.141 e. The molecule has 2 heteroatoms. The lowest BCUT2D eigenvalue weighted by atomic mass is 9.93. The molecule has 0 fully saturated rings. The van der Waals surface area contributed by atoms with Crippen molar-refractivity contribution in [3.63, 3.8) is 0 Å². The molecule has 0 aromatic carbocycles. The van der Waals surface area contributed by atoms with E-state index in [2.05, 4.69) is 11.2 Å². The molecule has 13 heavy (non-hydrogen) atoms. The van der Waals surface area contributed by atoms with E-state index in [1.807, 2.05) is 13.8 Å². The standard InChI is InChI=1S/C11H15NO/c1-8-11(9(2)13-12-8)10-6-4-3-5-7-10/h6H,3-5,7H2,1-2H3. The van der Waals surface area contributed by atoms with E-state index in [0.717, 1.165) is 11.5 Å². The zero-order valence-electron chi connectivity index (χ0n) is 8.26. The Kier molecular flexibility index (Phi) is 2.21. The highest BCUT2D eigenvalue weighted by Gasteiger charge is 2.14. The molecule has 1 aliphatic rings. The summed E-state index contributed by atoms with van der Waals surface area (Å²) >= 11 is 0. The molecule has 0 unspecified atom stereocenters. The lowest BCUT2D eigenvalue weighted by molar-refractivity contribution is 0.393. The first-order chi connectivity index (χ1) is 6.29. The van der Waals surface area contributed by atoms with Crippen molar-refractivity contribution < 1.29 is 4.52 Å². The molecule has 0 bridgehead atoms. The average molecular weight is 177 g/mol. The molecular formula is C11H15NO. The van der Waals surface area contributed by atoms with Crippen LogP contribution in [0.1, 0.15) is 42.7 Å². The molecule has 0 amide bonds. The monoisotopic (exact) mass is 177 g/mol. The van der Waals surface area contributed by atoms with Gasteiger partial charge in [0, 0.05) is 5.56 Å². The summed E-state index contributed by atoms with van der Waals surface area (Å²) in [6, 6.07) is 0. The van der Waals surface area contributed by atoms with Crippen LogP contribution in [0, 0.1) is 13.8 Å². The number of aryl methyl sites for hydroxylation is 2. The molecule has 1 heterocycles. The van der Waals surface area contributed by atoms with Crippen molar-refractivity contribution in [3.8, 4) is 0 Å². The van der Waals surface area contributed by atoms with Crippen LogP contribution >= 0.6 is 0 Å². The van der Waals surface area contributed by atoms with E-state index >= 15 is 0 Å². The van der Waals surface area contributed by atoms with E-state index in [9.17, 15) is 0 Å². The van der Waals surface area contributed by atoms with Gasteiger partial charge in [-0.1, -0.05) is 11.2 Å². The molecule has 0 spiro atoms. The van der Waals surface area contributed by atoms with E-state index < -0.39 is 0 Å². The second-order valence-corrected chi connectivity index (χ2v) is 3.67. The molecule has 0 saturated carbocycles. The second-order valence-electron chi connectivity index (χ2n) is 3.67. The molecule has 0 atom stereocenters. The number of hydrogen-bond donors (Lipinski definition) is 0. The van der Waals surface area contributed by atoms with Crippen LogP contribution in [0.3, 0.4) is 0 Å². The van der Waals surface area contributed by atoms with E-state index in [1.165, 1.54) is 36.8 Å². The first-order valence-corrected chi connectivity index (χ1v) is 4.91. The van der Waals surface area contributed by atoms with Gasteiger partial charge in [-0.25, -0.2) is 0 Å². The van der Waals surface area contributed by atoms with Gasteiger partial charge in [-0.3, -0.25) is 0 Å². The summed E-state index contributed by atoms with van der Waals surface area (Å²) in [5.74, 6) is 0.964. The molecule has 0 saturated heterocycles. The van der Waals surface area contributed by atoms with Crippen LogP contribution < -0.4 is 0 Å². The van der Waals surface area contributed by atoms with E-state index in [4.69, 9.17) is 4.52 Å². The zero-order chi connectivity index (χ0) is 9.26. The average Bonchev–Trinajstić information content (AvgIpc) is 2.48. The van der Waals surface area contributed by atoms with Gasteiger partial charge < -0.3 is 4.52 Å². The molecule has 0 aliphatic heterocycles. The lowest BCUT2D eigenvalue weighted by Gasteiger charge is -2.11. The largest absolute Gasteiger partial charge is 0.361 e. The van der Waals surface area contributed by atoms with Gasteiger partial charge in [0.2, 0.25) is 0 Å². The van der Waals surface area contributed by atoms with E-state index in [1.54, 1.807) is 0 Å². The highest BCUT2D eigenvalue weighted by Crippen LogP contribution is 2.30. The van der Waals surface area contributed by atoms with Crippen LogP contribution in [0.5, 0.6) is 0 Å².